The standard InChI is InChI=1S/C35H44Cl4N6O8S/c1-40-32(46)17-23-4-3-10-45(35(23)49)27-7-11-44(12-8-27)13-9-28(22-5-6-29(38)30(39)16-22)31(42-53-20-33(47)41-21-54(50,51)52)19-43(2)34(48)24-14-25(36)18-26(37)15-24/h5-6,14-16,18,23,27-28H,3-4,7-13,17,19-21H2,1-2H3,(H,40,46)(H,41,47)(H,50,51,52)/b42-31+. The van der Waals surface area contributed by atoms with Crippen molar-refractivity contribution >= 4 is 85.9 Å². The van der Waals surface area contributed by atoms with E-state index < -0.39 is 40.3 Å². The number of nitrogens with one attached hydrogen (secondary N) is 2. The maximum atomic E-state index is 13.6. The van der Waals surface area contributed by atoms with Crippen molar-refractivity contribution in [2.45, 2.75) is 50.5 Å². The Hall–Kier alpha value is -3.18. The van der Waals surface area contributed by atoms with Crippen LogP contribution in [0, 0.1) is 5.92 Å². The number of amides is 4. The van der Waals surface area contributed by atoms with Gasteiger partial charge in [0.25, 0.3) is 21.9 Å². The third-order valence-corrected chi connectivity index (χ3v) is 11.1. The first-order chi connectivity index (χ1) is 25.5. The van der Waals surface area contributed by atoms with E-state index in [2.05, 4.69) is 15.4 Å². The third-order valence-electron chi connectivity index (χ3n) is 9.46. The molecule has 2 saturated heterocycles. The Morgan fingerprint density at radius 1 is 1.00 bits per heavy atom. The molecule has 296 valence electrons. The average Bonchev–Trinajstić information content (AvgIpc) is 3.12. The second-order valence-corrected chi connectivity index (χ2v) is 16.5. The molecule has 2 unspecified atom stereocenters. The van der Waals surface area contributed by atoms with E-state index in [1.54, 1.807) is 32.3 Å². The largest absolute Gasteiger partial charge is 0.386 e. The summed E-state index contributed by atoms with van der Waals surface area (Å²) < 4.78 is 31.2. The molecule has 4 amide bonds. The predicted molar refractivity (Wildman–Crippen MR) is 208 cm³/mol. The van der Waals surface area contributed by atoms with Crippen LogP contribution in [0.5, 0.6) is 0 Å². The molecule has 19 heteroatoms. The van der Waals surface area contributed by atoms with Gasteiger partial charge >= 0.3 is 0 Å². The first kappa shape index (κ1) is 43.5. The number of hydrogen-bond acceptors (Lipinski definition) is 9. The van der Waals surface area contributed by atoms with Crippen molar-refractivity contribution in [3.8, 4) is 0 Å². The van der Waals surface area contributed by atoms with Crippen LogP contribution in [0.15, 0.2) is 41.6 Å². The van der Waals surface area contributed by atoms with Crippen molar-refractivity contribution in [1.29, 1.82) is 0 Å². The maximum absolute atomic E-state index is 13.6. The van der Waals surface area contributed by atoms with Gasteiger partial charge in [-0.15, -0.1) is 0 Å². The van der Waals surface area contributed by atoms with Gasteiger partial charge in [-0.05, 0) is 74.5 Å². The molecule has 2 heterocycles. The molecule has 54 heavy (non-hydrogen) atoms. The average molecular weight is 851 g/mol. The highest BCUT2D eigenvalue weighted by Gasteiger charge is 2.36. The van der Waals surface area contributed by atoms with Gasteiger partial charge in [-0.2, -0.15) is 8.42 Å². The van der Waals surface area contributed by atoms with Crippen LogP contribution in [0.25, 0.3) is 0 Å². The molecule has 3 N–H and O–H groups in total. The number of nitrogens with zero attached hydrogens (tertiary/aromatic N) is 4. The van der Waals surface area contributed by atoms with Gasteiger partial charge in [0.15, 0.2) is 6.61 Å². The van der Waals surface area contributed by atoms with Gasteiger partial charge in [0, 0.05) is 73.6 Å². The molecule has 0 spiro atoms. The topological polar surface area (TPSA) is 178 Å². The molecular weight excluding hydrogens is 806 g/mol. The Labute approximate surface area is 335 Å². The van der Waals surface area contributed by atoms with E-state index >= 15 is 0 Å². The van der Waals surface area contributed by atoms with Crippen LogP contribution < -0.4 is 10.6 Å². The van der Waals surface area contributed by atoms with Crippen molar-refractivity contribution in [3.63, 3.8) is 0 Å². The fraction of sp³-hybridized carbons (Fsp3) is 0.514. The van der Waals surface area contributed by atoms with Gasteiger partial charge in [-0.1, -0.05) is 57.6 Å². The fourth-order valence-electron chi connectivity index (χ4n) is 6.69. The first-order valence-corrected chi connectivity index (χ1v) is 20.5. The van der Waals surface area contributed by atoms with Crippen molar-refractivity contribution in [3.05, 3.63) is 67.6 Å². The van der Waals surface area contributed by atoms with Crippen molar-refractivity contribution in [1.82, 2.24) is 25.3 Å². The molecule has 0 radical (unpaired) electrons. The number of likely N-dealkylation sites (tertiary alicyclic amines) is 2. The quantitative estimate of drug-likeness (QED) is 0.123. The molecule has 2 atom stereocenters. The molecule has 2 fully saturated rings. The maximum Gasteiger partial charge on any atom is 0.283 e. The minimum Gasteiger partial charge on any atom is -0.386 e. The molecule has 2 aliphatic heterocycles. The van der Waals surface area contributed by atoms with E-state index in [4.69, 9.17) is 55.8 Å². The Morgan fingerprint density at radius 2 is 1.69 bits per heavy atom. The molecule has 0 saturated carbocycles. The second-order valence-electron chi connectivity index (χ2n) is 13.3. The summed E-state index contributed by atoms with van der Waals surface area (Å²) in [6.07, 6.45) is 3.75. The van der Waals surface area contributed by atoms with Crippen LogP contribution in [-0.2, 0) is 29.3 Å². The number of hydrogen-bond donors (Lipinski definition) is 3. The highest BCUT2D eigenvalue weighted by Crippen LogP contribution is 2.32. The number of piperidine rings is 2. The minimum absolute atomic E-state index is 0.0363. The lowest BCUT2D eigenvalue weighted by Gasteiger charge is -2.42. The van der Waals surface area contributed by atoms with Gasteiger partial charge in [0.2, 0.25) is 11.8 Å². The predicted octanol–water partition coefficient (Wildman–Crippen LogP) is 4.72. The molecule has 2 aromatic carbocycles. The molecule has 0 aliphatic carbocycles. The fourth-order valence-corrected chi connectivity index (χ4v) is 7.86. The van der Waals surface area contributed by atoms with E-state index in [0.29, 0.717) is 60.3 Å². The number of carbonyl (C=O) groups is 4. The van der Waals surface area contributed by atoms with E-state index in [9.17, 15) is 27.6 Å². The van der Waals surface area contributed by atoms with E-state index in [1.165, 1.54) is 23.1 Å². The lowest BCUT2D eigenvalue weighted by atomic mass is 9.89. The first-order valence-electron chi connectivity index (χ1n) is 17.3. The molecule has 4 rings (SSSR count). The zero-order valence-electron chi connectivity index (χ0n) is 29.9. The molecule has 2 aromatic rings. The lowest BCUT2D eigenvalue weighted by Crippen LogP contribution is -2.52. The highest BCUT2D eigenvalue weighted by molar-refractivity contribution is 7.85. The van der Waals surface area contributed by atoms with E-state index in [1.807, 2.05) is 10.2 Å². The summed E-state index contributed by atoms with van der Waals surface area (Å²) in [6.45, 7) is 1.94. The Kier molecular flexibility index (Phi) is 16.2. The van der Waals surface area contributed by atoms with Crippen LogP contribution in [0.3, 0.4) is 0 Å². The number of oxime groups is 1. The molecule has 2 aliphatic rings. The van der Waals surface area contributed by atoms with Crippen molar-refractivity contribution in [2.24, 2.45) is 11.1 Å². The molecule has 0 aromatic heterocycles. The smallest absolute Gasteiger partial charge is 0.283 e. The van der Waals surface area contributed by atoms with Crippen LogP contribution in [0.4, 0.5) is 0 Å². The van der Waals surface area contributed by atoms with Crippen molar-refractivity contribution in [2.75, 3.05) is 59.3 Å². The van der Waals surface area contributed by atoms with Crippen LogP contribution in [0.1, 0.15) is 60.4 Å². The Morgan fingerprint density at radius 3 is 2.31 bits per heavy atom. The monoisotopic (exact) mass is 848 g/mol. The number of carbonyl (C=O) groups excluding carboxylic acids is 4. The number of rotatable bonds is 16. The Balaban J connectivity index is 1.53. The van der Waals surface area contributed by atoms with Crippen LogP contribution >= 0.6 is 46.4 Å². The number of benzene rings is 2. The Bertz CT molecular complexity index is 1810. The zero-order valence-corrected chi connectivity index (χ0v) is 33.7. The summed E-state index contributed by atoms with van der Waals surface area (Å²) in [5.41, 5.74) is 1.29. The summed E-state index contributed by atoms with van der Waals surface area (Å²) in [6, 6.07) is 9.68. The summed E-state index contributed by atoms with van der Waals surface area (Å²) in [5.74, 6) is -3.19. The molecule has 0 bridgehead atoms. The van der Waals surface area contributed by atoms with Gasteiger partial charge in [-0.25, -0.2) is 0 Å². The summed E-state index contributed by atoms with van der Waals surface area (Å²) >= 11 is 25.1. The van der Waals surface area contributed by atoms with Crippen LogP contribution in [0.2, 0.25) is 20.1 Å². The lowest BCUT2D eigenvalue weighted by molar-refractivity contribution is -0.144. The highest BCUT2D eigenvalue weighted by atomic mass is 35.5. The SMILES string of the molecule is CNC(=O)CC1CCCN(C2CCN(CCC(/C(CN(C)C(=O)c3cc(Cl)cc(Cl)c3)=N/OCC(=O)NCS(=O)(=O)O)c3ccc(Cl)c(Cl)c3)CC2)C1=O. The second kappa shape index (κ2) is 20.1. The summed E-state index contributed by atoms with van der Waals surface area (Å²) in [7, 11) is -1.33. The summed E-state index contributed by atoms with van der Waals surface area (Å²) in [5, 5.41) is 10.1. The number of halogens is 4. The molecule has 14 nitrogen and oxygen atoms in total. The molecular formula is C35H44Cl4N6O8S. The zero-order chi connectivity index (χ0) is 39.6. The van der Waals surface area contributed by atoms with Crippen molar-refractivity contribution < 1.29 is 37.0 Å². The van der Waals surface area contributed by atoms with Gasteiger partial charge < -0.3 is 30.2 Å². The van der Waals surface area contributed by atoms with Gasteiger partial charge in [-0.3, -0.25) is 23.7 Å². The van der Waals surface area contributed by atoms with Gasteiger partial charge in [0.05, 0.1) is 22.3 Å². The normalized spacial score (nSPS) is 17.9. The third kappa shape index (κ3) is 13.0. The van der Waals surface area contributed by atoms with Gasteiger partial charge in [0.1, 0.15) is 5.88 Å². The summed E-state index contributed by atoms with van der Waals surface area (Å²) in [4.78, 5) is 62.2. The van der Waals surface area contributed by atoms with E-state index in [-0.39, 0.29) is 52.3 Å². The minimum atomic E-state index is -4.46. The van der Waals surface area contributed by atoms with E-state index in [0.717, 1.165) is 19.3 Å². The van der Waals surface area contributed by atoms with Crippen LogP contribution in [-0.4, -0.2) is 122 Å².